The normalized spacial score (nSPS) is 14.6. The monoisotopic (exact) mass is 461 g/mol. The lowest BCUT2D eigenvalue weighted by Gasteiger charge is -2.34. The van der Waals surface area contributed by atoms with Crippen molar-refractivity contribution in [1.29, 1.82) is 0 Å². The molecule has 1 saturated heterocycles. The van der Waals surface area contributed by atoms with Gasteiger partial charge in [0.05, 0.1) is 4.88 Å². The molecule has 7 heteroatoms. The summed E-state index contributed by atoms with van der Waals surface area (Å²) >= 11 is 1.41. The molecule has 33 heavy (non-hydrogen) atoms. The van der Waals surface area contributed by atoms with Gasteiger partial charge in [-0.25, -0.2) is 4.39 Å². The highest BCUT2D eigenvalue weighted by molar-refractivity contribution is 7.12. The first-order valence-electron chi connectivity index (χ1n) is 11.0. The highest BCUT2D eigenvalue weighted by Gasteiger charge is 2.23. The van der Waals surface area contributed by atoms with Crippen molar-refractivity contribution in [3.63, 3.8) is 0 Å². The molecule has 0 spiro atoms. The lowest BCUT2D eigenvalue weighted by molar-refractivity contribution is 0.0638. The molecule has 5 rings (SSSR count). The summed E-state index contributed by atoms with van der Waals surface area (Å²) in [6.45, 7) is 3.82. The minimum atomic E-state index is -0.216. The van der Waals surface area contributed by atoms with E-state index in [1.165, 1.54) is 23.5 Å². The number of rotatable bonds is 6. The molecule has 2 aromatic heterocycles. The lowest BCUT2D eigenvalue weighted by atomic mass is 10.0. The van der Waals surface area contributed by atoms with Crippen LogP contribution in [0, 0.1) is 5.82 Å². The number of carbonyl (C=O) groups is 2. The largest absolute Gasteiger partial charge is 0.360 e. The third-order valence-electron chi connectivity index (χ3n) is 6.21. The van der Waals surface area contributed by atoms with E-state index in [9.17, 15) is 14.0 Å². The fourth-order valence-electron chi connectivity index (χ4n) is 4.28. The van der Waals surface area contributed by atoms with E-state index in [0.29, 0.717) is 29.1 Å². The number of ketones is 1. The molecule has 1 fully saturated rings. The van der Waals surface area contributed by atoms with E-state index < -0.39 is 0 Å². The van der Waals surface area contributed by atoms with Gasteiger partial charge in [0.25, 0.3) is 5.91 Å². The van der Waals surface area contributed by atoms with Crippen molar-refractivity contribution in [3.8, 4) is 0 Å². The molecule has 1 aliphatic rings. The molecule has 5 nitrogen and oxygen atoms in total. The van der Waals surface area contributed by atoms with Crippen LogP contribution in [0.5, 0.6) is 0 Å². The molecule has 0 aliphatic carbocycles. The van der Waals surface area contributed by atoms with Crippen LogP contribution in [0.25, 0.3) is 10.9 Å². The van der Waals surface area contributed by atoms with Crippen LogP contribution in [0.1, 0.15) is 31.2 Å². The van der Waals surface area contributed by atoms with Crippen molar-refractivity contribution in [3.05, 3.63) is 93.6 Å². The van der Waals surface area contributed by atoms with Crippen LogP contribution in [0.2, 0.25) is 0 Å². The Labute approximate surface area is 195 Å². The maximum Gasteiger partial charge on any atom is 0.253 e. The van der Waals surface area contributed by atoms with Gasteiger partial charge in [-0.05, 0) is 53.8 Å². The number of thiophene rings is 1. The number of hydrogen-bond donors (Lipinski definition) is 1. The van der Waals surface area contributed by atoms with E-state index in [0.717, 1.165) is 42.5 Å². The number of fused-ring (bicyclic) bond motifs is 1. The third kappa shape index (κ3) is 4.60. The molecule has 0 bridgehead atoms. The lowest BCUT2D eigenvalue weighted by Crippen LogP contribution is -2.49. The van der Waals surface area contributed by atoms with Gasteiger partial charge in [0.2, 0.25) is 5.78 Å². The molecule has 4 aromatic rings. The number of nitrogens with zero attached hydrogens (tertiary/aromatic N) is 2. The van der Waals surface area contributed by atoms with Crippen LogP contribution in [0.15, 0.2) is 66.2 Å². The standard InChI is InChI=1S/C26H24FN3O2S/c27-20-6-3-18(4-7-20)9-10-29-11-13-30(14-12-29)26(32)19-5-8-23-21(16-19)22(17-28-23)25(31)24-2-1-15-33-24/h1-8,15-17,28H,9-14H2. The summed E-state index contributed by atoms with van der Waals surface area (Å²) in [6.07, 6.45) is 2.58. The third-order valence-corrected chi connectivity index (χ3v) is 7.08. The second-order valence-corrected chi connectivity index (χ2v) is 9.23. The van der Waals surface area contributed by atoms with E-state index in [1.807, 2.05) is 52.7 Å². The Morgan fingerprint density at radius 1 is 1.00 bits per heavy atom. The van der Waals surface area contributed by atoms with Crippen LogP contribution in [-0.4, -0.2) is 59.2 Å². The molecule has 1 amide bonds. The second kappa shape index (κ2) is 9.29. The second-order valence-electron chi connectivity index (χ2n) is 8.28. The molecular weight excluding hydrogens is 437 g/mol. The molecule has 0 atom stereocenters. The van der Waals surface area contributed by atoms with Gasteiger partial charge in [0.15, 0.2) is 0 Å². The summed E-state index contributed by atoms with van der Waals surface area (Å²) in [5.41, 5.74) is 3.15. The summed E-state index contributed by atoms with van der Waals surface area (Å²) in [5, 5.41) is 2.66. The molecular formula is C26H24FN3O2S. The molecule has 1 aliphatic heterocycles. The summed E-state index contributed by atoms with van der Waals surface area (Å²) in [5.74, 6) is -0.256. The van der Waals surface area contributed by atoms with E-state index >= 15 is 0 Å². The number of nitrogens with one attached hydrogen (secondary N) is 1. The molecule has 0 saturated carbocycles. The van der Waals surface area contributed by atoms with E-state index in [1.54, 1.807) is 6.20 Å². The number of piperazine rings is 1. The van der Waals surface area contributed by atoms with Gasteiger partial charge in [-0.2, -0.15) is 0 Å². The summed E-state index contributed by atoms with van der Waals surface area (Å²) in [6, 6.07) is 15.8. The van der Waals surface area contributed by atoms with Crippen molar-refractivity contribution in [2.75, 3.05) is 32.7 Å². The minimum absolute atomic E-state index is 0.00851. The SMILES string of the molecule is O=C(c1cccs1)c1c[nH]c2ccc(C(=O)N3CCN(CCc4ccc(F)cc4)CC3)cc12. The van der Waals surface area contributed by atoms with E-state index in [4.69, 9.17) is 0 Å². The van der Waals surface area contributed by atoms with Gasteiger partial charge < -0.3 is 9.88 Å². The van der Waals surface area contributed by atoms with Crippen molar-refractivity contribution >= 4 is 33.9 Å². The van der Waals surface area contributed by atoms with Crippen molar-refractivity contribution < 1.29 is 14.0 Å². The number of aromatic nitrogens is 1. The predicted molar refractivity (Wildman–Crippen MR) is 128 cm³/mol. The first kappa shape index (κ1) is 21.6. The number of benzene rings is 2. The van der Waals surface area contributed by atoms with Gasteiger partial charge in [-0.1, -0.05) is 18.2 Å². The molecule has 0 unspecified atom stereocenters. The smallest absolute Gasteiger partial charge is 0.253 e. The number of hydrogen-bond acceptors (Lipinski definition) is 4. The number of aromatic amines is 1. The van der Waals surface area contributed by atoms with E-state index in [2.05, 4.69) is 9.88 Å². The van der Waals surface area contributed by atoms with Crippen molar-refractivity contribution in [2.24, 2.45) is 0 Å². The zero-order valence-electron chi connectivity index (χ0n) is 18.1. The molecule has 3 heterocycles. The fraction of sp³-hybridized carbons (Fsp3) is 0.231. The highest BCUT2D eigenvalue weighted by atomic mass is 32.1. The Balaban J connectivity index is 1.23. The van der Waals surface area contributed by atoms with Crippen LogP contribution in [0.4, 0.5) is 4.39 Å². The molecule has 168 valence electrons. The maximum absolute atomic E-state index is 13.2. The zero-order valence-corrected chi connectivity index (χ0v) is 18.9. The highest BCUT2D eigenvalue weighted by Crippen LogP contribution is 2.25. The Kier molecular flexibility index (Phi) is 6.07. The summed E-state index contributed by atoms with van der Waals surface area (Å²) < 4.78 is 13.1. The Morgan fingerprint density at radius 3 is 2.52 bits per heavy atom. The van der Waals surface area contributed by atoms with Crippen LogP contribution in [-0.2, 0) is 6.42 Å². The van der Waals surface area contributed by atoms with Crippen molar-refractivity contribution in [2.45, 2.75) is 6.42 Å². The average Bonchev–Trinajstić information content (AvgIpc) is 3.53. The van der Waals surface area contributed by atoms with Crippen LogP contribution < -0.4 is 0 Å². The summed E-state index contributed by atoms with van der Waals surface area (Å²) in [7, 11) is 0. The Morgan fingerprint density at radius 2 is 1.79 bits per heavy atom. The van der Waals surface area contributed by atoms with Gasteiger partial charge in [0.1, 0.15) is 5.82 Å². The number of carbonyl (C=O) groups excluding carboxylic acids is 2. The number of H-pyrrole nitrogens is 1. The van der Waals surface area contributed by atoms with Gasteiger partial charge in [0, 0.05) is 61.0 Å². The first-order chi connectivity index (χ1) is 16.1. The maximum atomic E-state index is 13.2. The van der Waals surface area contributed by atoms with Gasteiger partial charge in [-0.15, -0.1) is 11.3 Å². The minimum Gasteiger partial charge on any atom is -0.360 e. The molecule has 2 aromatic carbocycles. The number of halogens is 1. The molecule has 1 N–H and O–H groups in total. The van der Waals surface area contributed by atoms with Crippen LogP contribution in [0.3, 0.4) is 0 Å². The average molecular weight is 462 g/mol. The summed E-state index contributed by atoms with van der Waals surface area (Å²) in [4.78, 5) is 34.1. The first-order valence-corrected chi connectivity index (χ1v) is 11.9. The molecule has 0 radical (unpaired) electrons. The topological polar surface area (TPSA) is 56.4 Å². The Bertz CT molecular complexity index is 1270. The zero-order chi connectivity index (χ0) is 22.8. The Hall–Kier alpha value is -3.29. The van der Waals surface area contributed by atoms with Crippen LogP contribution >= 0.6 is 11.3 Å². The van der Waals surface area contributed by atoms with E-state index in [-0.39, 0.29) is 17.5 Å². The predicted octanol–water partition coefficient (Wildman–Crippen LogP) is 4.60. The fourth-order valence-corrected chi connectivity index (χ4v) is 4.96. The number of amides is 1. The van der Waals surface area contributed by atoms with Crippen molar-refractivity contribution in [1.82, 2.24) is 14.8 Å². The van der Waals surface area contributed by atoms with Gasteiger partial charge in [-0.3, -0.25) is 14.5 Å². The quantitative estimate of drug-likeness (QED) is 0.427. The van der Waals surface area contributed by atoms with Gasteiger partial charge >= 0.3 is 0 Å².